The molecule has 2 aromatic rings. The molecule has 0 aliphatic heterocycles. The van der Waals surface area contributed by atoms with E-state index in [4.69, 9.17) is 4.74 Å². The van der Waals surface area contributed by atoms with Crippen molar-refractivity contribution in [2.24, 2.45) is 0 Å². The zero-order valence-corrected chi connectivity index (χ0v) is 15.6. The summed E-state index contributed by atoms with van der Waals surface area (Å²) in [5.41, 5.74) is 3.42. The number of aliphatic carboxylic acids is 1. The maximum atomic E-state index is 12.5. The molecule has 2 unspecified atom stereocenters. The predicted molar refractivity (Wildman–Crippen MR) is 100 cm³/mol. The Morgan fingerprint density at radius 2 is 1.73 bits per heavy atom. The summed E-state index contributed by atoms with van der Waals surface area (Å²) in [6.07, 6.45) is 0.176. The molecule has 0 saturated carbocycles. The molecular formula is C21H25NO4. The Balaban J connectivity index is 2.14. The minimum Gasteiger partial charge on any atom is -0.496 e. The van der Waals surface area contributed by atoms with Gasteiger partial charge in [-0.05, 0) is 37.0 Å². The highest BCUT2D eigenvalue weighted by atomic mass is 16.5. The molecule has 5 nitrogen and oxygen atoms in total. The molecule has 5 heteroatoms. The summed E-state index contributed by atoms with van der Waals surface area (Å²) in [5.74, 6) is -0.764. The van der Waals surface area contributed by atoms with Crippen LogP contribution in [0.5, 0.6) is 5.75 Å². The number of para-hydroxylation sites is 1. The van der Waals surface area contributed by atoms with Crippen LogP contribution in [0.25, 0.3) is 0 Å². The first-order valence-electron chi connectivity index (χ1n) is 8.55. The first-order valence-corrected chi connectivity index (χ1v) is 8.55. The number of hydrogen-bond acceptors (Lipinski definition) is 3. The van der Waals surface area contributed by atoms with Crippen LogP contribution in [-0.4, -0.2) is 24.1 Å². The number of carboxylic acid groups (broad SMARTS) is 1. The van der Waals surface area contributed by atoms with Crippen LogP contribution in [0.3, 0.4) is 0 Å². The van der Waals surface area contributed by atoms with Gasteiger partial charge < -0.3 is 15.2 Å². The fourth-order valence-electron chi connectivity index (χ4n) is 3.15. The first-order chi connectivity index (χ1) is 12.3. The average Bonchev–Trinajstić information content (AvgIpc) is 2.58. The van der Waals surface area contributed by atoms with Gasteiger partial charge in [-0.2, -0.15) is 0 Å². The number of carbonyl (C=O) groups is 2. The number of carboxylic acids is 1. The zero-order chi connectivity index (χ0) is 19.3. The summed E-state index contributed by atoms with van der Waals surface area (Å²) in [7, 11) is 1.59. The minimum absolute atomic E-state index is 0.0974. The molecule has 138 valence electrons. The molecule has 26 heavy (non-hydrogen) atoms. The number of nitrogens with one attached hydrogen (secondary N) is 1. The Morgan fingerprint density at radius 3 is 2.31 bits per heavy atom. The van der Waals surface area contributed by atoms with Crippen LogP contribution in [0.4, 0.5) is 0 Å². The van der Waals surface area contributed by atoms with Gasteiger partial charge in [0.25, 0.3) is 0 Å². The topological polar surface area (TPSA) is 75.6 Å². The summed E-state index contributed by atoms with van der Waals surface area (Å²) < 4.78 is 5.34. The van der Waals surface area contributed by atoms with E-state index in [9.17, 15) is 14.7 Å². The predicted octanol–water partition coefficient (Wildman–Crippen LogP) is 3.75. The van der Waals surface area contributed by atoms with E-state index in [-0.39, 0.29) is 18.2 Å². The smallest absolute Gasteiger partial charge is 0.330 e. The number of benzene rings is 2. The van der Waals surface area contributed by atoms with Crippen LogP contribution < -0.4 is 10.1 Å². The highest BCUT2D eigenvalue weighted by Gasteiger charge is 2.24. The molecule has 2 atom stereocenters. The Labute approximate surface area is 154 Å². The molecule has 0 aliphatic carbocycles. The van der Waals surface area contributed by atoms with Crippen LogP contribution in [-0.2, 0) is 9.59 Å². The molecule has 1 amide bonds. The Morgan fingerprint density at radius 1 is 1.12 bits per heavy atom. The third kappa shape index (κ3) is 4.85. The van der Waals surface area contributed by atoms with E-state index in [0.717, 1.165) is 22.4 Å². The molecular weight excluding hydrogens is 330 g/mol. The molecule has 0 bridgehead atoms. The van der Waals surface area contributed by atoms with Gasteiger partial charge in [0.05, 0.1) is 7.11 Å². The lowest BCUT2D eigenvalue weighted by atomic mass is 9.95. The quantitative estimate of drug-likeness (QED) is 0.793. The Kier molecular flexibility index (Phi) is 6.39. The van der Waals surface area contributed by atoms with Crippen molar-refractivity contribution in [1.82, 2.24) is 5.32 Å². The number of rotatable bonds is 7. The highest BCUT2D eigenvalue weighted by Crippen LogP contribution is 2.28. The Bertz CT molecular complexity index is 780. The molecule has 0 fully saturated rings. The van der Waals surface area contributed by atoms with Gasteiger partial charge in [0, 0.05) is 6.42 Å². The van der Waals surface area contributed by atoms with Gasteiger partial charge in [-0.25, -0.2) is 4.79 Å². The average molecular weight is 355 g/mol. The summed E-state index contributed by atoms with van der Waals surface area (Å²) >= 11 is 0. The van der Waals surface area contributed by atoms with E-state index in [1.807, 2.05) is 51.1 Å². The van der Waals surface area contributed by atoms with E-state index in [2.05, 4.69) is 5.32 Å². The van der Waals surface area contributed by atoms with Crippen LogP contribution in [0, 0.1) is 13.8 Å². The van der Waals surface area contributed by atoms with Crippen molar-refractivity contribution in [2.75, 3.05) is 7.11 Å². The first kappa shape index (κ1) is 19.5. The van der Waals surface area contributed by atoms with Crippen LogP contribution >= 0.6 is 0 Å². The lowest BCUT2D eigenvalue weighted by molar-refractivity contribution is -0.142. The van der Waals surface area contributed by atoms with Gasteiger partial charge in [0.1, 0.15) is 5.75 Å². The second kappa shape index (κ2) is 8.52. The number of methoxy groups -OCH3 is 1. The van der Waals surface area contributed by atoms with Gasteiger partial charge >= 0.3 is 5.97 Å². The van der Waals surface area contributed by atoms with Crippen molar-refractivity contribution in [2.45, 2.75) is 39.2 Å². The van der Waals surface area contributed by atoms with E-state index in [1.165, 1.54) is 0 Å². The monoisotopic (exact) mass is 355 g/mol. The second-order valence-corrected chi connectivity index (χ2v) is 6.61. The fraction of sp³-hybridized carbons (Fsp3) is 0.333. The normalized spacial score (nSPS) is 12.9. The van der Waals surface area contributed by atoms with E-state index >= 15 is 0 Å². The third-order valence-electron chi connectivity index (χ3n) is 4.29. The lowest BCUT2D eigenvalue weighted by Gasteiger charge is -2.19. The van der Waals surface area contributed by atoms with Gasteiger partial charge in [0.2, 0.25) is 5.91 Å². The van der Waals surface area contributed by atoms with Crippen LogP contribution in [0.15, 0.2) is 42.5 Å². The fourth-order valence-corrected chi connectivity index (χ4v) is 3.15. The van der Waals surface area contributed by atoms with Gasteiger partial charge in [0.15, 0.2) is 6.04 Å². The van der Waals surface area contributed by atoms with Crippen LogP contribution in [0.1, 0.15) is 47.6 Å². The molecule has 0 aliphatic rings. The minimum atomic E-state index is -1.08. The lowest BCUT2D eigenvalue weighted by Crippen LogP contribution is -2.34. The largest absolute Gasteiger partial charge is 0.496 e. The highest BCUT2D eigenvalue weighted by molar-refractivity contribution is 5.85. The number of amides is 1. The standard InChI is InChI=1S/C21H25NO4/c1-13-9-14(2)11-16(10-13)20(21(24)25)22-19(23)12-15(3)17-7-5-6-8-18(17)26-4/h5-11,15,20H,12H2,1-4H3,(H,22,23)(H,24,25). The SMILES string of the molecule is COc1ccccc1C(C)CC(=O)NC(C(=O)O)c1cc(C)cc(C)c1. The molecule has 0 aromatic heterocycles. The molecule has 2 aromatic carbocycles. The number of ether oxygens (including phenoxy) is 1. The maximum Gasteiger partial charge on any atom is 0.330 e. The van der Waals surface area contributed by atoms with Crippen molar-refractivity contribution >= 4 is 11.9 Å². The summed E-state index contributed by atoms with van der Waals surface area (Å²) in [4.78, 5) is 24.1. The van der Waals surface area contributed by atoms with Gasteiger partial charge in [-0.3, -0.25) is 4.79 Å². The molecule has 2 N–H and O–H groups in total. The zero-order valence-electron chi connectivity index (χ0n) is 15.6. The van der Waals surface area contributed by atoms with Crippen molar-refractivity contribution in [1.29, 1.82) is 0 Å². The van der Waals surface area contributed by atoms with E-state index in [0.29, 0.717) is 5.56 Å². The number of carbonyl (C=O) groups excluding carboxylic acids is 1. The molecule has 0 spiro atoms. The summed E-state index contributed by atoms with van der Waals surface area (Å²) in [6.45, 7) is 5.73. The van der Waals surface area contributed by atoms with E-state index < -0.39 is 12.0 Å². The van der Waals surface area contributed by atoms with Gasteiger partial charge in [-0.1, -0.05) is 54.4 Å². The number of aryl methyl sites for hydroxylation is 2. The third-order valence-corrected chi connectivity index (χ3v) is 4.29. The van der Waals surface area contributed by atoms with Gasteiger partial charge in [-0.15, -0.1) is 0 Å². The van der Waals surface area contributed by atoms with Crippen molar-refractivity contribution < 1.29 is 19.4 Å². The molecule has 2 rings (SSSR count). The van der Waals surface area contributed by atoms with Crippen molar-refractivity contribution in [3.63, 3.8) is 0 Å². The summed E-state index contributed by atoms with van der Waals surface area (Å²) in [5, 5.41) is 12.2. The Hall–Kier alpha value is -2.82. The molecule has 0 heterocycles. The molecule has 0 radical (unpaired) electrons. The summed E-state index contributed by atoms with van der Waals surface area (Å²) in [6, 6.07) is 12.0. The molecule has 0 saturated heterocycles. The number of hydrogen-bond donors (Lipinski definition) is 2. The maximum absolute atomic E-state index is 12.5. The van der Waals surface area contributed by atoms with Crippen LogP contribution in [0.2, 0.25) is 0 Å². The second-order valence-electron chi connectivity index (χ2n) is 6.61. The van der Waals surface area contributed by atoms with Crippen molar-refractivity contribution in [3.8, 4) is 5.75 Å². The van der Waals surface area contributed by atoms with Crippen molar-refractivity contribution in [3.05, 3.63) is 64.7 Å². The van der Waals surface area contributed by atoms with E-state index in [1.54, 1.807) is 19.2 Å².